The molecule has 3 unspecified atom stereocenters. The molecule has 0 aromatic heterocycles. The first kappa shape index (κ1) is 11.9. The standard InChI is InChI=1S/C12H21NO3/c1-8-5-6-13(7-10(8)16-2)11(12(14)15)9-3-4-9/h8-11H,3-7H2,1-2H3,(H,14,15). The Balaban J connectivity index is 2.00. The van der Waals surface area contributed by atoms with E-state index in [2.05, 4.69) is 11.8 Å². The smallest absolute Gasteiger partial charge is 0.321 e. The minimum absolute atomic E-state index is 0.189. The predicted molar refractivity (Wildman–Crippen MR) is 60.3 cm³/mol. The molecule has 16 heavy (non-hydrogen) atoms. The first-order valence-electron chi connectivity index (χ1n) is 6.13. The van der Waals surface area contributed by atoms with Crippen molar-refractivity contribution in [2.45, 2.75) is 38.3 Å². The first-order valence-corrected chi connectivity index (χ1v) is 6.13. The fourth-order valence-corrected chi connectivity index (χ4v) is 2.69. The zero-order valence-corrected chi connectivity index (χ0v) is 10.1. The number of methoxy groups -OCH3 is 1. The fourth-order valence-electron chi connectivity index (χ4n) is 2.69. The van der Waals surface area contributed by atoms with Crippen LogP contribution in [0.5, 0.6) is 0 Å². The van der Waals surface area contributed by atoms with E-state index in [1.807, 2.05) is 0 Å². The molecule has 0 aromatic rings. The molecule has 4 heteroatoms. The summed E-state index contributed by atoms with van der Waals surface area (Å²) >= 11 is 0. The Hall–Kier alpha value is -0.610. The van der Waals surface area contributed by atoms with Gasteiger partial charge in [0, 0.05) is 13.7 Å². The van der Waals surface area contributed by atoms with E-state index in [4.69, 9.17) is 4.74 Å². The molecular formula is C12H21NO3. The van der Waals surface area contributed by atoms with Crippen molar-refractivity contribution in [3.05, 3.63) is 0 Å². The summed E-state index contributed by atoms with van der Waals surface area (Å²) in [4.78, 5) is 13.4. The minimum atomic E-state index is -0.660. The molecule has 92 valence electrons. The molecule has 0 aromatic carbocycles. The Morgan fingerprint density at radius 2 is 2.12 bits per heavy atom. The van der Waals surface area contributed by atoms with Gasteiger partial charge >= 0.3 is 5.97 Å². The van der Waals surface area contributed by atoms with Crippen LogP contribution in [-0.4, -0.2) is 48.3 Å². The number of piperidine rings is 1. The van der Waals surface area contributed by atoms with Crippen LogP contribution in [0.1, 0.15) is 26.2 Å². The van der Waals surface area contributed by atoms with Crippen molar-refractivity contribution in [2.75, 3.05) is 20.2 Å². The number of ether oxygens (including phenoxy) is 1. The maximum absolute atomic E-state index is 11.3. The highest BCUT2D eigenvalue weighted by molar-refractivity contribution is 5.74. The van der Waals surface area contributed by atoms with Crippen molar-refractivity contribution in [1.29, 1.82) is 0 Å². The Morgan fingerprint density at radius 3 is 2.62 bits per heavy atom. The van der Waals surface area contributed by atoms with Crippen LogP contribution in [0.25, 0.3) is 0 Å². The number of hydrogen-bond donors (Lipinski definition) is 1. The lowest BCUT2D eigenvalue weighted by molar-refractivity contribution is -0.146. The van der Waals surface area contributed by atoms with Crippen molar-refractivity contribution in [3.8, 4) is 0 Å². The average molecular weight is 227 g/mol. The van der Waals surface area contributed by atoms with Crippen LogP contribution in [-0.2, 0) is 9.53 Å². The van der Waals surface area contributed by atoms with Gasteiger partial charge in [-0.05, 0) is 37.6 Å². The van der Waals surface area contributed by atoms with Crippen molar-refractivity contribution in [3.63, 3.8) is 0 Å². The van der Waals surface area contributed by atoms with Gasteiger partial charge in [-0.2, -0.15) is 0 Å². The molecule has 1 heterocycles. The van der Waals surface area contributed by atoms with Gasteiger partial charge < -0.3 is 9.84 Å². The molecule has 2 aliphatic rings. The minimum Gasteiger partial charge on any atom is -0.480 e. The average Bonchev–Trinajstić information content (AvgIpc) is 3.04. The number of aliphatic carboxylic acids is 1. The molecule has 1 saturated carbocycles. The lowest BCUT2D eigenvalue weighted by atomic mass is 9.94. The van der Waals surface area contributed by atoms with E-state index in [0.29, 0.717) is 11.8 Å². The number of rotatable bonds is 4. The second-order valence-electron chi connectivity index (χ2n) is 5.16. The van der Waals surface area contributed by atoms with E-state index in [0.717, 1.165) is 32.4 Å². The summed E-state index contributed by atoms with van der Waals surface area (Å²) in [6, 6.07) is -0.273. The molecule has 0 spiro atoms. The molecule has 2 fully saturated rings. The van der Waals surface area contributed by atoms with Gasteiger partial charge in [0.05, 0.1) is 6.10 Å². The third-order valence-corrected chi connectivity index (χ3v) is 3.94. The summed E-state index contributed by atoms with van der Waals surface area (Å²) in [6.07, 6.45) is 3.37. The number of carboxylic acids is 1. The van der Waals surface area contributed by atoms with Crippen LogP contribution in [0.4, 0.5) is 0 Å². The second kappa shape index (κ2) is 4.72. The van der Waals surface area contributed by atoms with Gasteiger partial charge in [0.25, 0.3) is 0 Å². The van der Waals surface area contributed by atoms with Crippen molar-refractivity contribution >= 4 is 5.97 Å². The molecule has 3 atom stereocenters. The van der Waals surface area contributed by atoms with E-state index in [1.54, 1.807) is 7.11 Å². The molecule has 0 bridgehead atoms. The van der Waals surface area contributed by atoms with Gasteiger partial charge in [-0.15, -0.1) is 0 Å². The lowest BCUT2D eigenvalue weighted by Gasteiger charge is -2.39. The van der Waals surface area contributed by atoms with Crippen molar-refractivity contribution in [1.82, 2.24) is 4.90 Å². The highest BCUT2D eigenvalue weighted by atomic mass is 16.5. The van der Waals surface area contributed by atoms with Crippen LogP contribution >= 0.6 is 0 Å². The maximum Gasteiger partial charge on any atom is 0.321 e. The first-order chi connectivity index (χ1) is 7.63. The number of likely N-dealkylation sites (tertiary alicyclic amines) is 1. The Kier molecular flexibility index (Phi) is 3.50. The van der Waals surface area contributed by atoms with Crippen LogP contribution < -0.4 is 0 Å². The van der Waals surface area contributed by atoms with Crippen LogP contribution in [0.15, 0.2) is 0 Å². The van der Waals surface area contributed by atoms with E-state index in [-0.39, 0.29) is 12.1 Å². The molecule has 1 N–H and O–H groups in total. The molecule has 0 radical (unpaired) electrons. The fraction of sp³-hybridized carbons (Fsp3) is 0.917. The van der Waals surface area contributed by atoms with Crippen molar-refractivity contribution in [2.24, 2.45) is 11.8 Å². The second-order valence-corrected chi connectivity index (χ2v) is 5.16. The van der Waals surface area contributed by atoms with Crippen LogP contribution in [0, 0.1) is 11.8 Å². The van der Waals surface area contributed by atoms with Crippen molar-refractivity contribution < 1.29 is 14.6 Å². The van der Waals surface area contributed by atoms with E-state index in [9.17, 15) is 9.90 Å². The lowest BCUT2D eigenvalue weighted by Crippen LogP contribution is -2.52. The third kappa shape index (κ3) is 2.38. The molecule has 2 rings (SSSR count). The number of carbonyl (C=O) groups is 1. The van der Waals surface area contributed by atoms with Gasteiger partial charge in [-0.25, -0.2) is 0 Å². The van der Waals surface area contributed by atoms with Gasteiger partial charge in [0.1, 0.15) is 6.04 Å². The largest absolute Gasteiger partial charge is 0.480 e. The van der Waals surface area contributed by atoms with Gasteiger partial charge in [0.2, 0.25) is 0 Å². The Bertz CT molecular complexity index is 265. The van der Waals surface area contributed by atoms with Crippen LogP contribution in [0.3, 0.4) is 0 Å². The molecule has 1 aliphatic heterocycles. The molecule has 1 aliphatic carbocycles. The molecule has 4 nitrogen and oxygen atoms in total. The molecule has 1 saturated heterocycles. The summed E-state index contributed by atoms with van der Waals surface area (Å²) in [5.41, 5.74) is 0. The van der Waals surface area contributed by atoms with Gasteiger partial charge in [-0.1, -0.05) is 6.92 Å². The highest BCUT2D eigenvalue weighted by Crippen LogP contribution is 2.37. The Labute approximate surface area is 96.6 Å². The number of hydrogen-bond acceptors (Lipinski definition) is 3. The van der Waals surface area contributed by atoms with Crippen LogP contribution in [0.2, 0.25) is 0 Å². The van der Waals surface area contributed by atoms with E-state index >= 15 is 0 Å². The monoisotopic (exact) mass is 227 g/mol. The maximum atomic E-state index is 11.3. The molecular weight excluding hydrogens is 206 g/mol. The van der Waals surface area contributed by atoms with E-state index in [1.165, 1.54) is 0 Å². The quantitative estimate of drug-likeness (QED) is 0.784. The topological polar surface area (TPSA) is 49.8 Å². The van der Waals surface area contributed by atoms with E-state index < -0.39 is 5.97 Å². The third-order valence-electron chi connectivity index (χ3n) is 3.94. The zero-order valence-electron chi connectivity index (χ0n) is 10.1. The summed E-state index contributed by atoms with van der Waals surface area (Å²) in [7, 11) is 1.72. The van der Waals surface area contributed by atoms with Gasteiger partial charge in [-0.3, -0.25) is 9.69 Å². The summed E-state index contributed by atoms with van der Waals surface area (Å²) in [6.45, 7) is 3.85. The number of carboxylic acid groups (broad SMARTS) is 1. The normalized spacial score (nSPS) is 33.6. The summed E-state index contributed by atoms with van der Waals surface area (Å²) in [5.74, 6) is 0.255. The zero-order chi connectivity index (χ0) is 11.7. The predicted octanol–water partition coefficient (Wildman–Crippen LogP) is 1.21. The Morgan fingerprint density at radius 1 is 1.44 bits per heavy atom. The molecule has 0 amide bonds. The highest BCUT2D eigenvalue weighted by Gasteiger charge is 2.42. The number of nitrogens with zero attached hydrogens (tertiary/aromatic N) is 1. The summed E-state index contributed by atoms with van der Waals surface area (Å²) < 4.78 is 5.43. The SMILES string of the molecule is COC1CN(C(C(=O)O)C2CC2)CCC1C. The van der Waals surface area contributed by atoms with Gasteiger partial charge in [0.15, 0.2) is 0 Å². The summed E-state index contributed by atoms with van der Waals surface area (Å²) in [5, 5.41) is 9.28.